The summed E-state index contributed by atoms with van der Waals surface area (Å²) in [4.78, 5) is 32.3. The number of rotatable bonds is 5. The zero-order valence-electron chi connectivity index (χ0n) is 19.0. The second-order valence-electron chi connectivity index (χ2n) is 8.12. The molecule has 1 fully saturated rings. The lowest BCUT2D eigenvalue weighted by atomic mass is 9.95. The molecule has 8 heteroatoms. The third-order valence-electron chi connectivity index (χ3n) is 5.82. The van der Waals surface area contributed by atoms with E-state index in [1.807, 2.05) is 32.0 Å². The van der Waals surface area contributed by atoms with Gasteiger partial charge in [0.15, 0.2) is 5.13 Å². The number of thiazole rings is 1. The Hall–Kier alpha value is -4.04. The third-order valence-corrected chi connectivity index (χ3v) is 6.84. The zero-order valence-corrected chi connectivity index (χ0v) is 19.8. The second kappa shape index (κ2) is 8.96. The summed E-state index contributed by atoms with van der Waals surface area (Å²) in [6.07, 6.45) is 0. The molecular weight excluding hydrogens is 467 g/mol. The molecule has 0 saturated carbocycles. The van der Waals surface area contributed by atoms with Crippen LogP contribution in [0.3, 0.4) is 0 Å². The summed E-state index contributed by atoms with van der Waals surface area (Å²) in [5.74, 6) is -2.17. The normalized spacial score (nSPS) is 17.3. The Kier molecular flexibility index (Phi) is 5.82. The largest absolute Gasteiger partial charge is 0.507 e. The molecule has 1 aromatic heterocycles. The fourth-order valence-electron chi connectivity index (χ4n) is 4.17. The maximum atomic E-state index is 15.0. The number of aliphatic hydroxyl groups excluding tert-OH is 1. The van der Waals surface area contributed by atoms with Crippen molar-refractivity contribution >= 4 is 44.1 Å². The summed E-state index contributed by atoms with van der Waals surface area (Å²) in [6.45, 7) is 4.28. The van der Waals surface area contributed by atoms with E-state index in [2.05, 4.69) is 4.98 Å². The summed E-state index contributed by atoms with van der Waals surface area (Å²) in [7, 11) is 0. The smallest absolute Gasteiger partial charge is 0.301 e. The lowest BCUT2D eigenvalue weighted by Crippen LogP contribution is -2.29. The number of carbonyl (C=O) groups excluding carboxylic acids is 2. The second-order valence-corrected chi connectivity index (χ2v) is 9.12. The zero-order chi connectivity index (χ0) is 24.7. The van der Waals surface area contributed by atoms with Crippen molar-refractivity contribution in [3.05, 3.63) is 94.8 Å². The number of carbonyl (C=O) groups is 2. The molecule has 1 N–H and O–H groups in total. The molecule has 0 radical (unpaired) electrons. The van der Waals surface area contributed by atoms with Crippen LogP contribution in [-0.4, -0.2) is 28.4 Å². The molecule has 1 aliphatic heterocycles. The number of aryl methyl sites for hydroxylation is 1. The van der Waals surface area contributed by atoms with Crippen molar-refractivity contribution in [2.45, 2.75) is 19.9 Å². The van der Waals surface area contributed by atoms with Crippen LogP contribution in [0.2, 0.25) is 0 Å². The van der Waals surface area contributed by atoms with E-state index < -0.39 is 23.5 Å². The molecule has 1 amide bonds. The minimum absolute atomic E-state index is 0.0922. The molecule has 1 unspecified atom stereocenters. The van der Waals surface area contributed by atoms with Crippen LogP contribution in [0.4, 0.5) is 9.52 Å². The number of fused-ring (bicyclic) bond motifs is 1. The molecule has 35 heavy (non-hydrogen) atoms. The van der Waals surface area contributed by atoms with Crippen molar-refractivity contribution in [2.24, 2.45) is 0 Å². The first kappa shape index (κ1) is 22.7. The Balaban J connectivity index is 1.70. The molecule has 1 aliphatic rings. The molecule has 1 saturated heterocycles. The van der Waals surface area contributed by atoms with E-state index >= 15 is 4.39 Å². The maximum Gasteiger partial charge on any atom is 0.301 e. The number of anilines is 1. The van der Waals surface area contributed by atoms with Gasteiger partial charge in [-0.2, -0.15) is 0 Å². The van der Waals surface area contributed by atoms with Crippen molar-refractivity contribution in [1.82, 2.24) is 4.98 Å². The van der Waals surface area contributed by atoms with Gasteiger partial charge in [0.2, 0.25) is 0 Å². The average molecular weight is 489 g/mol. The van der Waals surface area contributed by atoms with Crippen molar-refractivity contribution in [2.75, 3.05) is 11.5 Å². The highest BCUT2D eigenvalue weighted by molar-refractivity contribution is 7.22. The van der Waals surface area contributed by atoms with Crippen molar-refractivity contribution < 1.29 is 23.8 Å². The van der Waals surface area contributed by atoms with Gasteiger partial charge in [-0.1, -0.05) is 35.6 Å². The van der Waals surface area contributed by atoms with Gasteiger partial charge in [-0.05, 0) is 61.9 Å². The van der Waals surface area contributed by atoms with E-state index in [9.17, 15) is 14.7 Å². The highest BCUT2D eigenvalue weighted by Gasteiger charge is 2.49. The van der Waals surface area contributed by atoms with Crippen LogP contribution in [0.15, 0.2) is 72.3 Å². The van der Waals surface area contributed by atoms with Gasteiger partial charge < -0.3 is 9.84 Å². The molecule has 176 valence electrons. The minimum atomic E-state index is -1.18. The van der Waals surface area contributed by atoms with Gasteiger partial charge in [-0.3, -0.25) is 14.5 Å². The van der Waals surface area contributed by atoms with Crippen LogP contribution in [0.25, 0.3) is 16.0 Å². The first-order valence-electron chi connectivity index (χ1n) is 11.0. The fourth-order valence-corrected chi connectivity index (χ4v) is 5.27. The van der Waals surface area contributed by atoms with Crippen LogP contribution in [-0.2, 0) is 9.59 Å². The van der Waals surface area contributed by atoms with Crippen molar-refractivity contribution in [1.29, 1.82) is 0 Å². The number of Topliss-reactive ketones (excluding diaryl/α,β-unsaturated/α-hetero) is 1. The van der Waals surface area contributed by atoms with Gasteiger partial charge in [0.05, 0.1) is 22.4 Å². The fraction of sp³-hybridized carbons (Fsp3) is 0.148. The van der Waals surface area contributed by atoms with Gasteiger partial charge in [-0.15, -0.1) is 0 Å². The van der Waals surface area contributed by atoms with E-state index in [0.717, 1.165) is 10.3 Å². The standard InChI is InChI=1S/C27H21FN2O4S/c1-3-34-17-11-9-16(10-12-17)24(31)22-23(18-6-4-5-7-19(18)28)30(26(33)25(22)32)27-29-20-13-8-15(2)14-21(20)35-27/h4-14,23,31H,3H2,1-2H3/b24-22+. The molecule has 2 heterocycles. The number of ether oxygens (including phenoxy) is 1. The van der Waals surface area contributed by atoms with E-state index in [0.29, 0.717) is 23.4 Å². The third kappa shape index (κ3) is 3.95. The van der Waals surface area contributed by atoms with Crippen LogP contribution < -0.4 is 9.64 Å². The van der Waals surface area contributed by atoms with Crippen molar-refractivity contribution in [3.8, 4) is 5.75 Å². The summed E-state index contributed by atoms with van der Waals surface area (Å²) in [5, 5.41) is 11.4. The van der Waals surface area contributed by atoms with Gasteiger partial charge in [0, 0.05) is 11.1 Å². The Morgan fingerprint density at radius 3 is 2.57 bits per heavy atom. The Labute approximate surface area is 204 Å². The number of ketones is 1. The SMILES string of the molecule is CCOc1ccc(/C(O)=C2\C(=O)C(=O)N(c3nc4ccc(C)cc4s3)C2c2ccccc2F)cc1. The quantitative estimate of drug-likeness (QED) is 0.219. The number of amides is 1. The van der Waals surface area contributed by atoms with Crippen LogP contribution >= 0.6 is 11.3 Å². The highest BCUT2D eigenvalue weighted by atomic mass is 32.1. The van der Waals surface area contributed by atoms with Crippen molar-refractivity contribution in [3.63, 3.8) is 0 Å². The topological polar surface area (TPSA) is 79.7 Å². The Bertz CT molecular complexity index is 1490. The van der Waals surface area contributed by atoms with E-state index in [1.54, 1.807) is 30.3 Å². The molecular formula is C27H21FN2O4S. The van der Waals surface area contributed by atoms with Gasteiger partial charge in [0.1, 0.15) is 23.4 Å². The van der Waals surface area contributed by atoms with Crippen LogP contribution in [0, 0.1) is 12.7 Å². The number of hydrogen-bond acceptors (Lipinski definition) is 6. The van der Waals surface area contributed by atoms with E-state index in [1.165, 1.54) is 34.4 Å². The maximum absolute atomic E-state index is 15.0. The number of aromatic nitrogens is 1. The minimum Gasteiger partial charge on any atom is -0.507 e. The van der Waals surface area contributed by atoms with E-state index in [4.69, 9.17) is 4.74 Å². The summed E-state index contributed by atoms with van der Waals surface area (Å²) in [5.41, 5.74) is 1.90. The number of nitrogens with zero attached hydrogens (tertiary/aromatic N) is 2. The van der Waals surface area contributed by atoms with Crippen LogP contribution in [0.5, 0.6) is 5.75 Å². The molecule has 0 spiro atoms. The number of hydrogen-bond donors (Lipinski definition) is 1. The lowest BCUT2D eigenvalue weighted by Gasteiger charge is -2.23. The van der Waals surface area contributed by atoms with Gasteiger partial charge in [-0.25, -0.2) is 9.37 Å². The number of benzene rings is 3. The monoisotopic (exact) mass is 488 g/mol. The van der Waals surface area contributed by atoms with Gasteiger partial charge >= 0.3 is 5.91 Å². The highest BCUT2D eigenvalue weighted by Crippen LogP contribution is 2.45. The first-order chi connectivity index (χ1) is 16.9. The summed E-state index contributed by atoms with van der Waals surface area (Å²) in [6, 6.07) is 16.9. The Morgan fingerprint density at radius 2 is 1.86 bits per heavy atom. The predicted molar refractivity (Wildman–Crippen MR) is 133 cm³/mol. The molecule has 1 atom stereocenters. The molecule has 4 aromatic rings. The number of halogens is 1. The van der Waals surface area contributed by atoms with Gasteiger partial charge in [0.25, 0.3) is 5.78 Å². The lowest BCUT2D eigenvalue weighted by molar-refractivity contribution is -0.132. The Morgan fingerprint density at radius 1 is 1.11 bits per heavy atom. The van der Waals surface area contributed by atoms with Crippen LogP contribution in [0.1, 0.15) is 29.7 Å². The summed E-state index contributed by atoms with van der Waals surface area (Å²) < 4.78 is 21.3. The number of aliphatic hydroxyl groups is 1. The molecule has 3 aromatic carbocycles. The molecule has 5 rings (SSSR count). The first-order valence-corrected chi connectivity index (χ1v) is 11.9. The molecule has 6 nitrogen and oxygen atoms in total. The molecule has 0 aliphatic carbocycles. The van der Waals surface area contributed by atoms with E-state index in [-0.39, 0.29) is 22.0 Å². The average Bonchev–Trinajstić information content (AvgIpc) is 3.37. The summed E-state index contributed by atoms with van der Waals surface area (Å²) >= 11 is 1.23. The predicted octanol–water partition coefficient (Wildman–Crippen LogP) is 5.77. The molecule has 0 bridgehead atoms.